The van der Waals surface area contributed by atoms with E-state index in [1.165, 1.54) is 24.6 Å². The van der Waals surface area contributed by atoms with Gasteiger partial charge in [0.15, 0.2) is 5.16 Å². The minimum atomic E-state index is -0.289. The summed E-state index contributed by atoms with van der Waals surface area (Å²) in [4.78, 5) is 30.6. The van der Waals surface area contributed by atoms with E-state index >= 15 is 0 Å². The van der Waals surface area contributed by atoms with Crippen molar-refractivity contribution in [1.29, 1.82) is 0 Å². The molecule has 0 radical (unpaired) electrons. The molecule has 1 aromatic heterocycles. The molecule has 2 saturated carbocycles. The predicted octanol–water partition coefficient (Wildman–Crippen LogP) is 4.15. The van der Waals surface area contributed by atoms with E-state index in [1.807, 2.05) is 35.8 Å². The van der Waals surface area contributed by atoms with Crippen LogP contribution in [0.1, 0.15) is 58.9 Å². The van der Waals surface area contributed by atoms with Crippen LogP contribution in [0.25, 0.3) is 10.9 Å². The highest BCUT2D eigenvalue weighted by Crippen LogP contribution is 2.38. The summed E-state index contributed by atoms with van der Waals surface area (Å²) in [5.41, 5.74) is 0.715. The van der Waals surface area contributed by atoms with Gasteiger partial charge in [-0.2, -0.15) is 0 Å². The van der Waals surface area contributed by atoms with Crippen molar-refractivity contribution in [3.05, 3.63) is 34.6 Å². The van der Waals surface area contributed by atoms with Gasteiger partial charge in [0.05, 0.1) is 16.2 Å². The Bertz CT molecular complexity index is 937. The van der Waals surface area contributed by atoms with Crippen LogP contribution in [-0.2, 0) is 4.79 Å². The summed E-state index contributed by atoms with van der Waals surface area (Å²) in [6.45, 7) is 6.42. The van der Waals surface area contributed by atoms with Gasteiger partial charge in [0.25, 0.3) is 5.56 Å². The Morgan fingerprint density at radius 3 is 2.71 bits per heavy atom. The fraction of sp³-hybridized carbons (Fsp3) is 0.591. The van der Waals surface area contributed by atoms with E-state index in [0.717, 1.165) is 19.3 Å². The summed E-state index contributed by atoms with van der Waals surface area (Å²) < 4.78 is 1.81. The van der Waals surface area contributed by atoms with Gasteiger partial charge in [-0.3, -0.25) is 14.2 Å². The van der Waals surface area contributed by atoms with Crippen molar-refractivity contribution >= 4 is 28.6 Å². The third-order valence-electron chi connectivity index (χ3n) is 6.37. The van der Waals surface area contributed by atoms with Crippen LogP contribution in [0.5, 0.6) is 0 Å². The molecule has 1 amide bonds. The number of benzene rings is 1. The van der Waals surface area contributed by atoms with Crippen molar-refractivity contribution in [1.82, 2.24) is 14.9 Å². The molecule has 28 heavy (non-hydrogen) atoms. The number of para-hydroxylation sites is 1. The molecule has 5 nitrogen and oxygen atoms in total. The van der Waals surface area contributed by atoms with Crippen LogP contribution in [0.3, 0.4) is 0 Å². The van der Waals surface area contributed by atoms with E-state index in [4.69, 9.17) is 4.98 Å². The van der Waals surface area contributed by atoms with Gasteiger partial charge in [0.2, 0.25) is 5.91 Å². The molecule has 2 aliphatic carbocycles. The van der Waals surface area contributed by atoms with Crippen molar-refractivity contribution in [2.75, 3.05) is 0 Å². The summed E-state index contributed by atoms with van der Waals surface area (Å²) in [7, 11) is 0. The number of hydrogen-bond acceptors (Lipinski definition) is 4. The van der Waals surface area contributed by atoms with Crippen LogP contribution in [0, 0.1) is 11.8 Å². The predicted molar refractivity (Wildman–Crippen MR) is 114 cm³/mol. The summed E-state index contributed by atoms with van der Waals surface area (Å²) in [5.74, 6) is 1.18. The zero-order valence-electron chi connectivity index (χ0n) is 16.9. The zero-order chi connectivity index (χ0) is 19.8. The average Bonchev–Trinajstić information content (AvgIpc) is 3.50. The number of nitrogens with zero attached hydrogens (tertiary/aromatic N) is 2. The molecule has 0 spiro atoms. The molecule has 150 valence electrons. The second-order valence-electron chi connectivity index (χ2n) is 8.46. The normalized spacial score (nSPS) is 26.2. The molecule has 0 bridgehead atoms. The van der Waals surface area contributed by atoms with Gasteiger partial charge in [-0.1, -0.05) is 50.6 Å². The van der Waals surface area contributed by atoms with Gasteiger partial charge >= 0.3 is 0 Å². The Kier molecular flexibility index (Phi) is 5.50. The van der Waals surface area contributed by atoms with Crippen LogP contribution in [0.15, 0.2) is 34.2 Å². The Labute approximate surface area is 170 Å². The number of nitrogens with one attached hydrogen (secondary N) is 1. The van der Waals surface area contributed by atoms with Crippen molar-refractivity contribution < 1.29 is 4.79 Å². The molecule has 0 saturated heterocycles. The maximum absolute atomic E-state index is 13.0. The van der Waals surface area contributed by atoms with Crippen LogP contribution in [-0.4, -0.2) is 26.8 Å². The zero-order valence-corrected chi connectivity index (χ0v) is 17.7. The number of carbonyl (C=O) groups is 1. The standard InChI is InChI=1S/C22H29N3O2S/c1-13-7-6-10-18(14(13)2)23-20(26)15(3)28-22-24-19-9-5-4-8-17(19)21(27)25(22)16-11-12-16/h4-5,8-9,13-16,18H,6-7,10-12H2,1-3H3,(H,23,26)/t13-,14-,15-,18+/m1/s1. The first kappa shape index (κ1) is 19.5. The molecule has 4 rings (SSSR count). The van der Waals surface area contributed by atoms with Crippen molar-refractivity contribution in [3.63, 3.8) is 0 Å². The smallest absolute Gasteiger partial charge is 0.262 e. The lowest BCUT2D eigenvalue weighted by Crippen LogP contribution is -2.46. The van der Waals surface area contributed by atoms with Crippen molar-refractivity contribution in [3.8, 4) is 0 Å². The molecule has 0 unspecified atom stereocenters. The van der Waals surface area contributed by atoms with Gasteiger partial charge in [0.1, 0.15) is 0 Å². The number of fused-ring (bicyclic) bond motifs is 1. The molecule has 4 atom stereocenters. The quantitative estimate of drug-likeness (QED) is 0.606. The third kappa shape index (κ3) is 3.84. The van der Waals surface area contributed by atoms with E-state index in [9.17, 15) is 9.59 Å². The van der Waals surface area contributed by atoms with Crippen molar-refractivity contribution in [2.45, 2.75) is 75.4 Å². The molecule has 0 aliphatic heterocycles. The molecule has 6 heteroatoms. The summed E-state index contributed by atoms with van der Waals surface area (Å²) in [6.07, 6.45) is 5.48. The molecule has 1 heterocycles. The van der Waals surface area contributed by atoms with Crippen LogP contribution >= 0.6 is 11.8 Å². The Balaban J connectivity index is 1.55. The molecule has 1 N–H and O–H groups in total. The fourth-order valence-corrected chi connectivity index (χ4v) is 5.15. The lowest BCUT2D eigenvalue weighted by molar-refractivity contribution is -0.121. The topological polar surface area (TPSA) is 64.0 Å². The second kappa shape index (κ2) is 7.90. The van der Waals surface area contributed by atoms with E-state index in [0.29, 0.717) is 27.9 Å². The Hall–Kier alpha value is -1.82. The summed E-state index contributed by atoms with van der Waals surface area (Å²) in [6, 6.07) is 7.94. The highest BCUT2D eigenvalue weighted by atomic mass is 32.2. The molecule has 2 aromatic rings. The minimum Gasteiger partial charge on any atom is -0.352 e. The first-order chi connectivity index (χ1) is 13.5. The molecule has 2 aliphatic rings. The third-order valence-corrected chi connectivity index (χ3v) is 7.44. The molecule has 2 fully saturated rings. The first-order valence-electron chi connectivity index (χ1n) is 10.4. The maximum Gasteiger partial charge on any atom is 0.262 e. The highest BCUT2D eigenvalue weighted by molar-refractivity contribution is 8.00. The van der Waals surface area contributed by atoms with E-state index in [1.54, 1.807) is 0 Å². The molecular weight excluding hydrogens is 370 g/mol. The Morgan fingerprint density at radius 1 is 1.21 bits per heavy atom. The lowest BCUT2D eigenvalue weighted by atomic mass is 9.78. The first-order valence-corrected chi connectivity index (χ1v) is 11.3. The van der Waals surface area contributed by atoms with Gasteiger partial charge in [-0.25, -0.2) is 4.98 Å². The maximum atomic E-state index is 13.0. The number of aromatic nitrogens is 2. The number of hydrogen-bond donors (Lipinski definition) is 1. The second-order valence-corrected chi connectivity index (χ2v) is 9.77. The average molecular weight is 400 g/mol. The minimum absolute atomic E-state index is 0.0120. The van der Waals surface area contributed by atoms with Crippen LogP contribution in [0.2, 0.25) is 0 Å². The molecular formula is C22H29N3O2S. The van der Waals surface area contributed by atoms with E-state index in [-0.39, 0.29) is 28.8 Å². The van der Waals surface area contributed by atoms with Gasteiger partial charge in [-0.15, -0.1) is 0 Å². The van der Waals surface area contributed by atoms with E-state index in [2.05, 4.69) is 19.2 Å². The summed E-state index contributed by atoms with van der Waals surface area (Å²) in [5, 5.41) is 4.29. The van der Waals surface area contributed by atoms with Crippen LogP contribution in [0.4, 0.5) is 0 Å². The number of amides is 1. The van der Waals surface area contributed by atoms with Gasteiger partial charge in [0, 0.05) is 12.1 Å². The largest absolute Gasteiger partial charge is 0.352 e. The van der Waals surface area contributed by atoms with Gasteiger partial charge in [-0.05, 0) is 50.2 Å². The Morgan fingerprint density at radius 2 is 1.96 bits per heavy atom. The number of thioether (sulfide) groups is 1. The number of carbonyl (C=O) groups excluding carboxylic acids is 1. The van der Waals surface area contributed by atoms with E-state index < -0.39 is 0 Å². The molecule has 1 aromatic carbocycles. The van der Waals surface area contributed by atoms with Gasteiger partial charge < -0.3 is 5.32 Å². The number of rotatable bonds is 5. The fourth-order valence-electron chi connectivity index (χ4n) is 4.16. The monoisotopic (exact) mass is 399 g/mol. The summed E-state index contributed by atoms with van der Waals surface area (Å²) >= 11 is 1.41. The van der Waals surface area contributed by atoms with Crippen LogP contribution < -0.4 is 10.9 Å². The lowest BCUT2D eigenvalue weighted by Gasteiger charge is -2.35. The SMILES string of the molecule is C[C@@H]1[C@H](C)CCC[C@@H]1NC(=O)[C@@H](C)Sc1nc2ccccc2c(=O)n1C1CC1. The highest BCUT2D eigenvalue weighted by Gasteiger charge is 2.32. The van der Waals surface area contributed by atoms with Crippen molar-refractivity contribution in [2.24, 2.45) is 11.8 Å².